The fourth-order valence-corrected chi connectivity index (χ4v) is 2.19. The van der Waals surface area contributed by atoms with Gasteiger partial charge in [0.25, 0.3) is 0 Å². The number of hydrogen-bond acceptors (Lipinski definition) is 6. The smallest absolute Gasteiger partial charge is 0.349 e. The second-order valence-corrected chi connectivity index (χ2v) is 5.03. The molecule has 6 nitrogen and oxygen atoms in total. The summed E-state index contributed by atoms with van der Waals surface area (Å²) in [4.78, 5) is 16.1. The summed E-state index contributed by atoms with van der Waals surface area (Å²) in [5, 5.41) is 0. The van der Waals surface area contributed by atoms with E-state index in [2.05, 4.69) is 4.98 Å². The van der Waals surface area contributed by atoms with Crippen LogP contribution < -0.4 is 14.2 Å². The quantitative estimate of drug-likeness (QED) is 0.509. The van der Waals surface area contributed by atoms with Crippen LogP contribution in [0, 0.1) is 6.92 Å². The molecule has 1 aromatic heterocycles. The molecule has 0 spiro atoms. The number of carbonyl (C=O) groups excluding carboxylic acids is 1. The van der Waals surface area contributed by atoms with E-state index in [1.165, 1.54) is 0 Å². The first-order valence-corrected chi connectivity index (χ1v) is 7.57. The molecule has 6 heteroatoms. The summed E-state index contributed by atoms with van der Waals surface area (Å²) in [6.07, 6.45) is 0. The van der Waals surface area contributed by atoms with Gasteiger partial charge in [-0.2, -0.15) is 0 Å². The van der Waals surface area contributed by atoms with Gasteiger partial charge < -0.3 is 18.6 Å². The first-order chi connectivity index (χ1) is 11.6. The summed E-state index contributed by atoms with van der Waals surface area (Å²) in [6.45, 7) is 4.08. The molecule has 3 rings (SSSR count). The minimum atomic E-state index is -0.500. The zero-order valence-electron chi connectivity index (χ0n) is 13.4. The van der Waals surface area contributed by atoms with E-state index in [-0.39, 0.29) is 6.61 Å². The van der Waals surface area contributed by atoms with Gasteiger partial charge in [-0.05, 0) is 43.3 Å². The molecule has 0 fully saturated rings. The number of hydrogen-bond donors (Lipinski definition) is 0. The number of rotatable bonds is 6. The predicted molar refractivity (Wildman–Crippen MR) is 87.5 cm³/mol. The molecule has 0 saturated heterocycles. The molecule has 0 aliphatic carbocycles. The summed E-state index contributed by atoms with van der Waals surface area (Å²) in [5.41, 5.74) is 1.29. The van der Waals surface area contributed by atoms with Gasteiger partial charge in [0.15, 0.2) is 18.1 Å². The summed E-state index contributed by atoms with van der Waals surface area (Å²) < 4.78 is 21.4. The van der Waals surface area contributed by atoms with Crippen molar-refractivity contribution < 1.29 is 23.4 Å². The lowest BCUT2D eigenvalue weighted by Gasteiger charge is -2.08. The summed E-state index contributed by atoms with van der Waals surface area (Å²) in [5.74, 6) is 1.77. The van der Waals surface area contributed by atoms with Gasteiger partial charge >= 0.3 is 5.97 Å². The van der Waals surface area contributed by atoms with Crippen LogP contribution in [-0.2, 0) is 4.79 Å². The molecule has 0 aliphatic rings. The zero-order valence-corrected chi connectivity index (χ0v) is 13.4. The number of aromatic nitrogens is 1. The van der Waals surface area contributed by atoms with Crippen molar-refractivity contribution in [3.05, 3.63) is 48.4 Å². The molecule has 0 bridgehead atoms. The van der Waals surface area contributed by atoms with Crippen LogP contribution in [0.4, 0.5) is 0 Å². The van der Waals surface area contributed by atoms with Crippen molar-refractivity contribution in [2.45, 2.75) is 13.8 Å². The Labute approximate surface area is 139 Å². The molecule has 3 aromatic rings. The third-order valence-electron chi connectivity index (χ3n) is 3.19. The van der Waals surface area contributed by atoms with E-state index in [1.54, 1.807) is 49.4 Å². The SMILES string of the molecule is CCOc1ccc(OCC(=O)Oc2ccc3nc(C)oc3c2)cc1. The van der Waals surface area contributed by atoms with E-state index >= 15 is 0 Å². The van der Waals surface area contributed by atoms with Crippen LogP contribution in [0.1, 0.15) is 12.8 Å². The Morgan fingerprint density at radius 2 is 1.71 bits per heavy atom. The third kappa shape index (κ3) is 3.84. The van der Waals surface area contributed by atoms with Gasteiger partial charge in [0, 0.05) is 13.0 Å². The van der Waals surface area contributed by atoms with Gasteiger partial charge in [-0.15, -0.1) is 0 Å². The highest BCUT2D eigenvalue weighted by molar-refractivity contribution is 5.78. The minimum Gasteiger partial charge on any atom is -0.494 e. The van der Waals surface area contributed by atoms with E-state index < -0.39 is 5.97 Å². The number of esters is 1. The van der Waals surface area contributed by atoms with Crippen molar-refractivity contribution >= 4 is 17.1 Å². The predicted octanol–water partition coefficient (Wildman–Crippen LogP) is 3.52. The number of fused-ring (bicyclic) bond motifs is 1. The van der Waals surface area contributed by atoms with Crippen LogP contribution in [0.25, 0.3) is 11.1 Å². The van der Waals surface area contributed by atoms with Crippen molar-refractivity contribution in [3.63, 3.8) is 0 Å². The van der Waals surface area contributed by atoms with Crippen molar-refractivity contribution in [1.82, 2.24) is 4.98 Å². The highest BCUT2D eigenvalue weighted by atomic mass is 16.6. The third-order valence-corrected chi connectivity index (χ3v) is 3.19. The molecule has 0 saturated carbocycles. The number of aryl methyl sites for hydroxylation is 1. The average molecular weight is 327 g/mol. The number of carbonyl (C=O) groups is 1. The van der Waals surface area contributed by atoms with Gasteiger partial charge in [0.05, 0.1) is 6.61 Å². The fourth-order valence-electron chi connectivity index (χ4n) is 2.19. The Morgan fingerprint density at radius 3 is 2.42 bits per heavy atom. The van der Waals surface area contributed by atoms with Crippen LogP contribution in [0.2, 0.25) is 0 Å². The van der Waals surface area contributed by atoms with Gasteiger partial charge in [-0.25, -0.2) is 9.78 Å². The first-order valence-electron chi connectivity index (χ1n) is 7.57. The molecule has 0 N–H and O–H groups in total. The normalized spacial score (nSPS) is 10.6. The lowest BCUT2D eigenvalue weighted by molar-refractivity contribution is -0.136. The Balaban J connectivity index is 1.56. The van der Waals surface area contributed by atoms with Gasteiger partial charge in [0.2, 0.25) is 0 Å². The number of nitrogens with zero attached hydrogens (tertiary/aromatic N) is 1. The number of ether oxygens (including phenoxy) is 3. The maximum absolute atomic E-state index is 11.9. The van der Waals surface area contributed by atoms with Crippen molar-refractivity contribution in [2.24, 2.45) is 0 Å². The molecule has 2 aromatic carbocycles. The largest absolute Gasteiger partial charge is 0.494 e. The molecule has 0 unspecified atom stereocenters. The average Bonchev–Trinajstić information content (AvgIpc) is 2.94. The van der Waals surface area contributed by atoms with E-state index in [9.17, 15) is 4.79 Å². The molecular formula is C18H17NO5. The molecule has 0 amide bonds. The summed E-state index contributed by atoms with van der Waals surface area (Å²) in [7, 11) is 0. The Hall–Kier alpha value is -3.02. The Morgan fingerprint density at radius 1 is 1.04 bits per heavy atom. The van der Waals surface area contributed by atoms with Gasteiger partial charge in [-0.1, -0.05) is 0 Å². The van der Waals surface area contributed by atoms with Gasteiger partial charge in [0.1, 0.15) is 22.8 Å². The zero-order chi connectivity index (χ0) is 16.9. The lowest BCUT2D eigenvalue weighted by Crippen LogP contribution is -2.17. The van der Waals surface area contributed by atoms with Crippen LogP contribution >= 0.6 is 0 Å². The number of oxazole rings is 1. The second kappa shape index (κ2) is 7.04. The van der Waals surface area contributed by atoms with E-state index in [0.29, 0.717) is 29.6 Å². The molecule has 1 heterocycles. The van der Waals surface area contributed by atoms with E-state index in [1.807, 2.05) is 6.92 Å². The highest BCUT2D eigenvalue weighted by Crippen LogP contribution is 2.22. The monoisotopic (exact) mass is 327 g/mol. The maximum atomic E-state index is 11.9. The maximum Gasteiger partial charge on any atom is 0.349 e. The Kier molecular flexibility index (Phi) is 4.65. The van der Waals surface area contributed by atoms with Crippen LogP contribution in [-0.4, -0.2) is 24.2 Å². The fraction of sp³-hybridized carbons (Fsp3) is 0.222. The second-order valence-electron chi connectivity index (χ2n) is 5.03. The lowest BCUT2D eigenvalue weighted by atomic mass is 10.3. The van der Waals surface area contributed by atoms with Crippen LogP contribution in [0.15, 0.2) is 46.9 Å². The summed E-state index contributed by atoms with van der Waals surface area (Å²) >= 11 is 0. The van der Waals surface area contributed by atoms with E-state index in [0.717, 1.165) is 11.3 Å². The van der Waals surface area contributed by atoms with Crippen LogP contribution in [0.3, 0.4) is 0 Å². The van der Waals surface area contributed by atoms with Crippen molar-refractivity contribution in [2.75, 3.05) is 13.2 Å². The number of benzene rings is 2. The molecule has 24 heavy (non-hydrogen) atoms. The summed E-state index contributed by atoms with van der Waals surface area (Å²) in [6, 6.07) is 12.1. The van der Waals surface area contributed by atoms with Crippen molar-refractivity contribution in [1.29, 1.82) is 0 Å². The highest BCUT2D eigenvalue weighted by Gasteiger charge is 2.09. The standard InChI is InChI=1S/C18H17NO5/c1-3-21-13-4-6-14(7-5-13)22-11-18(20)24-15-8-9-16-17(10-15)23-12(2)19-16/h4-10H,3,11H2,1-2H3. The van der Waals surface area contributed by atoms with Crippen LogP contribution in [0.5, 0.6) is 17.2 Å². The minimum absolute atomic E-state index is 0.193. The molecule has 0 radical (unpaired) electrons. The van der Waals surface area contributed by atoms with E-state index in [4.69, 9.17) is 18.6 Å². The van der Waals surface area contributed by atoms with Gasteiger partial charge in [-0.3, -0.25) is 0 Å². The molecule has 0 atom stereocenters. The molecular weight excluding hydrogens is 310 g/mol. The Bertz CT molecular complexity index is 838. The topological polar surface area (TPSA) is 70.8 Å². The van der Waals surface area contributed by atoms with Crippen molar-refractivity contribution in [3.8, 4) is 17.2 Å². The molecule has 0 aliphatic heterocycles. The molecule has 124 valence electrons. The first kappa shape index (κ1) is 15.9.